The summed E-state index contributed by atoms with van der Waals surface area (Å²) in [5, 5.41) is 16.4. The predicted octanol–water partition coefficient (Wildman–Crippen LogP) is 6.75. The molecule has 8 rings (SSSR count). The number of rotatable bonds is 9. The van der Waals surface area contributed by atoms with Gasteiger partial charge in [-0.25, -0.2) is 0 Å². The molecule has 9 nitrogen and oxygen atoms in total. The number of aromatic hydroxyl groups is 1. The molecule has 4 aliphatic heterocycles. The molecule has 3 amide bonds. The number of imide groups is 1. The zero-order valence-electron chi connectivity index (χ0n) is 31.0. The second-order valence-corrected chi connectivity index (χ2v) is 15.1. The number of fused-ring (bicyclic) bond motifs is 1. The SMILES string of the molecule is CC/C(=C(\c1ccc(O)cc1)c1ccc(N2CCC(NC3CCN(c4ccc5c(c4)CN(C4CCC(=O)NC4=O)C5=O)CC3)CC2)cc1)c1ccccc1. The largest absolute Gasteiger partial charge is 0.508 e. The van der Waals surface area contributed by atoms with Crippen LogP contribution in [-0.4, -0.2) is 72.0 Å². The maximum absolute atomic E-state index is 13.1. The molecule has 1 unspecified atom stereocenters. The van der Waals surface area contributed by atoms with E-state index in [1.165, 1.54) is 28.0 Å². The quantitative estimate of drug-likeness (QED) is 0.130. The lowest BCUT2D eigenvalue weighted by Gasteiger charge is -2.39. The van der Waals surface area contributed by atoms with Crippen LogP contribution in [0.25, 0.3) is 11.1 Å². The zero-order chi connectivity index (χ0) is 37.2. The minimum Gasteiger partial charge on any atom is -0.508 e. The van der Waals surface area contributed by atoms with Crippen LogP contribution in [0.4, 0.5) is 11.4 Å². The number of phenols is 1. The fourth-order valence-electron chi connectivity index (χ4n) is 8.85. The van der Waals surface area contributed by atoms with Crippen molar-refractivity contribution in [3.63, 3.8) is 0 Å². The van der Waals surface area contributed by atoms with Crippen molar-refractivity contribution >= 4 is 40.2 Å². The first-order chi connectivity index (χ1) is 26.3. The number of hydrogen-bond donors (Lipinski definition) is 3. The highest BCUT2D eigenvalue weighted by atomic mass is 16.3. The molecule has 0 spiro atoms. The maximum atomic E-state index is 13.1. The first kappa shape index (κ1) is 35.6. The van der Waals surface area contributed by atoms with Crippen molar-refractivity contribution in [3.8, 4) is 5.75 Å². The third-order valence-corrected chi connectivity index (χ3v) is 11.8. The number of allylic oxidation sites excluding steroid dienone is 1. The normalized spacial score (nSPS) is 20.2. The van der Waals surface area contributed by atoms with E-state index in [-0.39, 0.29) is 29.9 Å². The van der Waals surface area contributed by atoms with Gasteiger partial charge in [-0.15, -0.1) is 0 Å². The van der Waals surface area contributed by atoms with Gasteiger partial charge in [-0.05, 0) is 114 Å². The molecule has 4 aromatic rings. The molecule has 3 N–H and O–H groups in total. The molecule has 278 valence electrons. The topological polar surface area (TPSA) is 105 Å². The number of benzene rings is 4. The van der Waals surface area contributed by atoms with Crippen molar-refractivity contribution in [3.05, 3.63) is 125 Å². The van der Waals surface area contributed by atoms with Gasteiger partial charge in [-0.3, -0.25) is 19.7 Å². The molecular formula is C45H49N5O4. The van der Waals surface area contributed by atoms with Gasteiger partial charge in [0.2, 0.25) is 11.8 Å². The monoisotopic (exact) mass is 723 g/mol. The summed E-state index contributed by atoms with van der Waals surface area (Å²) in [6.45, 7) is 6.56. The van der Waals surface area contributed by atoms with Crippen molar-refractivity contribution in [2.75, 3.05) is 36.0 Å². The minimum absolute atomic E-state index is 0.127. The molecule has 4 aromatic carbocycles. The lowest BCUT2D eigenvalue weighted by Crippen LogP contribution is -2.52. The number of hydrogen-bond acceptors (Lipinski definition) is 7. The summed E-state index contributed by atoms with van der Waals surface area (Å²) in [5.41, 5.74) is 9.97. The number of amides is 3. The van der Waals surface area contributed by atoms with Gasteiger partial charge in [0, 0.05) is 68.2 Å². The number of nitrogens with one attached hydrogen (secondary N) is 2. The first-order valence-electron chi connectivity index (χ1n) is 19.6. The van der Waals surface area contributed by atoms with Crippen LogP contribution in [0.3, 0.4) is 0 Å². The smallest absolute Gasteiger partial charge is 0.255 e. The summed E-state index contributed by atoms with van der Waals surface area (Å²) in [6, 6.07) is 33.6. The van der Waals surface area contributed by atoms with E-state index in [0.29, 0.717) is 30.6 Å². The molecular weight excluding hydrogens is 675 g/mol. The predicted molar refractivity (Wildman–Crippen MR) is 213 cm³/mol. The Labute approximate surface area is 317 Å². The minimum atomic E-state index is -0.590. The van der Waals surface area contributed by atoms with Crippen LogP contribution in [0, 0.1) is 0 Å². The highest BCUT2D eigenvalue weighted by Crippen LogP contribution is 2.36. The van der Waals surface area contributed by atoms with Crippen LogP contribution in [0.5, 0.6) is 5.75 Å². The van der Waals surface area contributed by atoms with Gasteiger partial charge in [0.05, 0.1) is 0 Å². The van der Waals surface area contributed by atoms with Gasteiger partial charge in [0.1, 0.15) is 11.8 Å². The van der Waals surface area contributed by atoms with Crippen molar-refractivity contribution in [1.82, 2.24) is 15.5 Å². The Balaban J connectivity index is 0.851. The number of phenolic OH excluding ortho intramolecular Hbond substituents is 1. The third-order valence-electron chi connectivity index (χ3n) is 11.8. The fraction of sp³-hybridized carbons (Fsp3) is 0.356. The molecule has 0 bridgehead atoms. The number of piperidine rings is 3. The van der Waals surface area contributed by atoms with Crippen molar-refractivity contribution < 1.29 is 19.5 Å². The van der Waals surface area contributed by atoms with Crippen molar-refractivity contribution in [1.29, 1.82) is 0 Å². The second-order valence-electron chi connectivity index (χ2n) is 15.1. The van der Waals surface area contributed by atoms with Gasteiger partial charge in [-0.2, -0.15) is 0 Å². The summed E-state index contributed by atoms with van der Waals surface area (Å²) in [5.74, 6) is -0.501. The number of carbonyl (C=O) groups excluding carboxylic acids is 3. The maximum Gasteiger partial charge on any atom is 0.255 e. The van der Waals surface area contributed by atoms with Crippen LogP contribution in [-0.2, 0) is 16.1 Å². The molecule has 3 saturated heterocycles. The lowest BCUT2D eigenvalue weighted by atomic mass is 9.88. The molecule has 1 atom stereocenters. The van der Waals surface area contributed by atoms with Gasteiger partial charge in [0.25, 0.3) is 5.91 Å². The van der Waals surface area contributed by atoms with E-state index in [1.54, 1.807) is 17.0 Å². The van der Waals surface area contributed by atoms with E-state index in [2.05, 4.69) is 88.0 Å². The molecule has 0 radical (unpaired) electrons. The van der Waals surface area contributed by atoms with Crippen LogP contribution in [0.1, 0.15) is 84.5 Å². The Bertz CT molecular complexity index is 2030. The Morgan fingerprint density at radius 1 is 0.722 bits per heavy atom. The highest BCUT2D eigenvalue weighted by Gasteiger charge is 2.39. The van der Waals surface area contributed by atoms with Gasteiger partial charge < -0.3 is 25.1 Å². The van der Waals surface area contributed by atoms with E-state index in [1.807, 2.05) is 24.3 Å². The average Bonchev–Trinajstić information content (AvgIpc) is 3.53. The zero-order valence-corrected chi connectivity index (χ0v) is 31.0. The summed E-state index contributed by atoms with van der Waals surface area (Å²) < 4.78 is 0. The fourth-order valence-corrected chi connectivity index (χ4v) is 8.85. The summed E-state index contributed by atoms with van der Waals surface area (Å²) in [6.07, 6.45) is 5.88. The molecule has 4 aliphatic rings. The summed E-state index contributed by atoms with van der Waals surface area (Å²) in [4.78, 5) is 43.8. The van der Waals surface area contributed by atoms with Crippen molar-refractivity contribution in [2.45, 2.75) is 76.5 Å². The summed E-state index contributed by atoms with van der Waals surface area (Å²) in [7, 11) is 0. The number of nitrogens with zero attached hydrogens (tertiary/aromatic N) is 3. The van der Waals surface area contributed by atoms with Crippen LogP contribution in [0.15, 0.2) is 97.1 Å². The van der Waals surface area contributed by atoms with Crippen LogP contribution >= 0.6 is 0 Å². The van der Waals surface area contributed by atoms with Gasteiger partial charge in [0.15, 0.2) is 0 Å². The Morgan fingerprint density at radius 2 is 1.31 bits per heavy atom. The second kappa shape index (κ2) is 15.5. The molecule has 0 aromatic heterocycles. The van der Waals surface area contributed by atoms with Crippen LogP contribution in [0.2, 0.25) is 0 Å². The van der Waals surface area contributed by atoms with E-state index >= 15 is 0 Å². The molecule has 0 saturated carbocycles. The summed E-state index contributed by atoms with van der Waals surface area (Å²) >= 11 is 0. The standard InChI is InChI=1S/C45H49N5O4/c1-2-39(30-6-4-3-5-7-30)43(32-10-15-38(51)16-11-32)31-8-12-36(13-9-31)48-24-20-34(21-25-48)46-35-22-26-49(27-23-35)37-14-17-40-33(28-37)29-50(45(40)54)41-18-19-42(52)47-44(41)53/h3-17,28,34-35,41,46,51H,2,18-27,29H2,1H3,(H,47,52,53)/b43-39+. The molecule has 3 fully saturated rings. The van der Waals surface area contributed by atoms with Gasteiger partial charge >= 0.3 is 0 Å². The van der Waals surface area contributed by atoms with E-state index in [0.717, 1.165) is 75.1 Å². The average molecular weight is 724 g/mol. The van der Waals surface area contributed by atoms with Gasteiger partial charge in [-0.1, -0.05) is 61.5 Å². The third kappa shape index (κ3) is 7.37. The Kier molecular flexibility index (Phi) is 10.2. The lowest BCUT2D eigenvalue weighted by molar-refractivity contribution is -0.136. The molecule has 9 heteroatoms. The highest BCUT2D eigenvalue weighted by molar-refractivity contribution is 6.05. The van der Waals surface area contributed by atoms with Crippen LogP contribution < -0.4 is 20.4 Å². The van der Waals surface area contributed by atoms with E-state index < -0.39 is 6.04 Å². The van der Waals surface area contributed by atoms with E-state index in [4.69, 9.17) is 0 Å². The van der Waals surface area contributed by atoms with E-state index in [9.17, 15) is 19.5 Å². The Hall–Kier alpha value is -5.41. The molecule has 4 heterocycles. The Morgan fingerprint density at radius 3 is 1.93 bits per heavy atom. The molecule has 54 heavy (non-hydrogen) atoms. The first-order valence-corrected chi connectivity index (χ1v) is 19.6. The molecule has 0 aliphatic carbocycles. The van der Waals surface area contributed by atoms with Crippen molar-refractivity contribution in [2.24, 2.45) is 0 Å². The number of anilines is 2. The number of carbonyl (C=O) groups is 3.